The van der Waals surface area contributed by atoms with Crippen LogP contribution >= 0.6 is 0 Å². The predicted molar refractivity (Wildman–Crippen MR) is 72.3 cm³/mol. The molecule has 0 aliphatic carbocycles. The Balaban J connectivity index is 1.99. The van der Waals surface area contributed by atoms with Crippen LogP contribution in [0.4, 0.5) is 11.4 Å². The second-order valence-corrected chi connectivity index (χ2v) is 4.67. The Morgan fingerprint density at radius 3 is 3.00 bits per heavy atom. The lowest BCUT2D eigenvalue weighted by atomic mass is 9.98. The summed E-state index contributed by atoms with van der Waals surface area (Å²) >= 11 is 0. The molecule has 0 aromatic heterocycles. The van der Waals surface area contributed by atoms with Crippen LogP contribution in [-0.4, -0.2) is 26.3 Å². The molecule has 1 heterocycles. The van der Waals surface area contributed by atoms with Gasteiger partial charge in [0.1, 0.15) is 0 Å². The molecule has 3 nitrogen and oxygen atoms in total. The molecule has 2 rings (SSSR count). The second-order valence-electron chi connectivity index (χ2n) is 4.67. The van der Waals surface area contributed by atoms with Gasteiger partial charge < -0.3 is 15.4 Å². The summed E-state index contributed by atoms with van der Waals surface area (Å²) in [6.07, 6.45) is 2.50. The van der Waals surface area contributed by atoms with Gasteiger partial charge in [-0.1, -0.05) is 12.1 Å². The third-order valence-electron chi connectivity index (χ3n) is 3.35. The van der Waals surface area contributed by atoms with E-state index < -0.39 is 0 Å². The first kappa shape index (κ1) is 12.2. The lowest BCUT2D eigenvalue weighted by Crippen LogP contribution is -2.37. The minimum Gasteiger partial charge on any atom is -0.397 e. The SMILES string of the molecule is CCOC[C@@H]1CCCN(c2ccccc2N)C1. The van der Waals surface area contributed by atoms with Crippen molar-refractivity contribution >= 4 is 11.4 Å². The quantitative estimate of drug-likeness (QED) is 0.814. The smallest absolute Gasteiger partial charge is 0.0600 e. The third kappa shape index (κ3) is 3.13. The molecule has 1 aromatic carbocycles. The topological polar surface area (TPSA) is 38.5 Å². The number of para-hydroxylation sites is 2. The fourth-order valence-electron chi connectivity index (χ4n) is 2.48. The number of rotatable bonds is 4. The fourth-order valence-corrected chi connectivity index (χ4v) is 2.48. The van der Waals surface area contributed by atoms with E-state index in [0.29, 0.717) is 5.92 Å². The van der Waals surface area contributed by atoms with Crippen LogP contribution in [0.5, 0.6) is 0 Å². The van der Waals surface area contributed by atoms with Crippen LogP contribution < -0.4 is 10.6 Å². The second kappa shape index (κ2) is 5.92. The minimum atomic E-state index is 0.642. The number of nitrogen functional groups attached to an aromatic ring is 1. The monoisotopic (exact) mass is 234 g/mol. The van der Waals surface area contributed by atoms with Crippen LogP contribution in [-0.2, 0) is 4.74 Å². The molecule has 0 amide bonds. The van der Waals surface area contributed by atoms with Gasteiger partial charge in [-0.25, -0.2) is 0 Å². The first-order valence-corrected chi connectivity index (χ1v) is 6.48. The summed E-state index contributed by atoms with van der Waals surface area (Å²) in [7, 11) is 0. The number of nitrogens with two attached hydrogens (primary N) is 1. The first-order chi connectivity index (χ1) is 8.31. The zero-order valence-electron chi connectivity index (χ0n) is 10.6. The van der Waals surface area contributed by atoms with Gasteiger partial charge >= 0.3 is 0 Å². The van der Waals surface area contributed by atoms with E-state index in [0.717, 1.165) is 32.0 Å². The van der Waals surface area contributed by atoms with Crippen molar-refractivity contribution in [3.05, 3.63) is 24.3 Å². The summed E-state index contributed by atoms with van der Waals surface area (Å²) in [5.41, 5.74) is 8.08. The number of benzene rings is 1. The molecule has 2 N–H and O–H groups in total. The molecular formula is C14H22N2O. The maximum atomic E-state index is 6.02. The van der Waals surface area contributed by atoms with Crippen LogP contribution in [0.15, 0.2) is 24.3 Å². The van der Waals surface area contributed by atoms with Crippen molar-refractivity contribution in [3.8, 4) is 0 Å². The predicted octanol–water partition coefficient (Wildman–Crippen LogP) is 2.52. The summed E-state index contributed by atoms with van der Waals surface area (Å²) in [6.45, 7) is 5.91. The largest absolute Gasteiger partial charge is 0.397 e. The highest BCUT2D eigenvalue weighted by atomic mass is 16.5. The standard InChI is InChI=1S/C14H22N2O/c1-2-17-11-12-6-5-9-16(10-12)14-8-4-3-7-13(14)15/h3-4,7-8,12H,2,5-6,9-11,15H2,1H3/t12-/m1/s1. The Labute approximate surface area is 104 Å². The van der Waals surface area contributed by atoms with E-state index in [2.05, 4.69) is 24.0 Å². The van der Waals surface area contributed by atoms with Crippen LogP contribution in [0.25, 0.3) is 0 Å². The molecule has 1 atom stereocenters. The highest BCUT2D eigenvalue weighted by Gasteiger charge is 2.21. The molecule has 1 aliphatic rings. The van der Waals surface area contributed by atoms with Crippen molar-refractivity contribution in [2.24, 2.45) is 5.92 Å². The van der Waals surface area contributed by atoms with E-state index in [9.17, 15) is 0 Å². The lowest BCUT2D eigenvalue weighted by Gasteiger charge is -2.34. The van der Waals surface area contributed by atoms with Crippen LogP contribution in [0, 0.1) is 5.92 Å². The van der Waals surface area contributed by atoms with Crippen molar-refractivity contribution in [1.82, 2.24) is 0 Å². The molecule has 1 aliphatic heterocycles. The van der Waals surface area contributed by atoms with Gasteiger partial charge in [0.2, 0.25) is 0 Å². The Hall–Kier alpha value is -1.22. The van der Waals surface area contributed by atoms with Gasteiger partial charge in [-0.2, -0.15) is 0 Å². The molecule has 3 heteroatoms. The van der Waals surface area contributed by atoms with Gasteiger partial charge in [0.05, 0.1) is 18.0 Å². The van der Waals surface area contributed by atoms with E-state index in [4.69, 9.17) is 10.5 Å². The molecule has 0 unspecified atom stereocenters. The van der Waals surface area contributed by atoms with E-state index >= 15 is 0 Å². The summed E-state index contributed by atoms with van der Waals surface area (Å²) < 4.78 is 5.53. The van der Waals surface area contributed by atoms with Gasteiger partial charge in [0.15, 0.2) is 0 Å². The third-order valence-corrected chi connectivity index (χ3v) is 3.35. The zero-order chi connectivity index (χ0) is 12.1. The molecule has 1 fully saturated rings. The van der Waals surface area contributed by atoms with Gasteiger partial charge in [0, 0.05) is 19.7 Å². The van der Waals surface area contributed by atoms with Crippen molar-refractivity contribution in [1.29, 1.82) is 0 Å². The van der Waals surface area contributed by atoms with Gasteiger partial charge in [-0.3, -0.25) is 0 Å². The average molecular weight is 234 g/mol. The summed E-state index contributed by atoms with van der Waals surface area (Å²) in [4.78, 5) is 2.39. The van der Waals surface area contributed by atoms with E-state index in [-0.39, 0.29) is 0 Å². The first-order valence-electron chi connectivity index (χ1n) is 6.48. The van der Waals surface area contributed by atoms with Crippen LogP contribution in [0.1, 0.15) is 19.8 Å². The Bertz CT molecular complexity index is 354. The Morgan fingerprint density at radius 2 is 2.24 bits per heavy atom. The molecule has 0 radical (unpaired) electrons. The lowest BCUT2D eigenvalue weighted by molar-refractivity contribution is 0.104. The van der Waals surface area contributed by atoms with Crippen LogP contribution in [0.2, 0.25) is 0 Å². The highest BCUT2D eigenvalue weighted by Crippen LogP contribution is 2.27. The molecule has 1 aromatic rings. The van der Waals surface area contributed by atoms with Crippen molar-refractivity contribution in [3.63, 3.8) is 0 Å². The van der Waals surface area contributed by atoms with E-state index in [1.54, 1.807) is 0 Å². The van der Waals surface area contributed by atoms with Gasteiger partial charge in [-0.15, -0.1) is 0 Å². The number of hydrogen-bond acceptors (Lipinski definition) is 3. The van der Waals surface area contributed by atoms with Gasteiger partial charge in [0.25, 0.3) is 0 Å². The number of anilines is 2. The molecule has 94 valence electrons. The normalized spacial score (nSPS) is 20.5. The summed E-state index contributed by atoms with van der Waals surface area (Å²) in [6, 6.07) is 8.12. The zero-order valence-corrected chi connectivity index (χ0v) is 10.6. The maximum Gasteiger partial charge on any atom is 0.0600 e. The maximum absolute atomic E-state index is 6.02. The average Bonchev–Trinajstić information content (AvgIpc) is 2.37. The van der Waals surface area contributed by atoms with E-state index in [1.165, 1.54) is 18.5 Å². The van der Waals surface area contributed by atoms with Crippen LogP contribution in [0.3, 0.4) is 0 Å². The Kier molecular flexibility index (Phi) is 4.26. The van der Waals surface area contributed by atoms with Crippen molar-refractivity contribution in [2.45, 2.75) is 19.8 Å². The van der Waals surface area contributed by atoms with E-state index in [1.807, 2.05) is 12.1 Å². The molecule has 17 heavy (non-hydrogen) atoms. The molecule has 0 spiro atoms. The summed E-state index contributed by atoms with van der Waals surface area (Å²) in [5, 5.41) is 0. The minimum absolute atomic E-state index is 0.642. The molecular weight excluding hydrogens is 212 g/mol. The fraction of sp³-hybridized carbons (Fsp3) is 0.571. The number of piperidine rings is 1. The molecule has 0 bridgehead atoms. The number of hydrogen-bond donors (Lipinski definition) is 1. The number of nitrogens with zero attached hydrogens (tertiary/aromatic N) is 1. The highest BCUT2D eigenvalue weighted by molar-refractivity contribution is 5.67. The number of ether oxygens (including phenoxy) is 1. The van der Waals surface area contributed by atoms with Crippen molar-refractivity contribution in [2.75, 3.05) is 36.9 Å². The molecule has 1 saturated heterocycles. The molecule has 0 saturated carbocycles. The van der Waals surface area contributed by atoms with Crippen molar-refractivity contribution < 1.29 is 4.74 Å². The Morgan fingerprint density at radius 1 is 1.41 bits per heavy atom. The van der Waals surface area contributed by atoms with Gasteiger partial charge in [-0.05, 0) is 37.8 Å². The summed E-state index contributed by atoms with van der Waals surface area (Å²) in [5.74, 6) is 0.642.